The third-order valence-corrected chi connectivity index (χ3v) is 17.1. The van der Waals surface area contributed by atoms with Gasteiger partial charge in [0.2, 0.25) is 0 Å². The highest BCUT2D eigenvalue weighted by atomic mass is 15.2. The number of nitrogens with zero attached hydrogens (tertiary/aromatic N) is 2. The first kappa shape index (κ1) is 50.7. The van der Waals surface area contributed by atoms with Crippen molar-refractivity contribution >= 4 is 57.2 Å². The van der Waals surface area contributed by atoms with Crippen LogP contribution in [0.1, 0.15) is 183 Å². The topological polar surface area (TPSA) is 6.48 Å². The molecule has 73 heavy (non-hydrogen) atoms. The first-order chi connectivity index (χ1) is 33.8. The fourth-order valence-electron chi connectivity index (χ4n) is 12.1. The lowest BCUT2D eigenvalue weighted by atomic mass is 9.32. The number of rotatable bonds is 4. The first-order valence-corrected chi connectivity index (χ1v) is 27.4. The Labute approximate surface area is 441 Å². The van der Waals surface area contributed by atoms with Gasteiger partial charge in [0.05, 0.1) is 5.69 Å². The Balaban J connectivity index is 1.33. The van der Waals surface area contributed by atoms with Gasteiger partial charge in [-0.2, -0.15) is 0 Å². The van der Waals surface area contributed by atoms with Gasteiger partial charge in [0, 0.05) is 34.0 Å². The molecule has 2 aliphatic heterocycles. The van der Waals surface area contributed by atoms with E-state index in [9.17, 15) is 0 Å². The Morgan fingerprint density at radius 1 is 0.356 bits per heavy atom. The van der Waals surface area contributed by atoms with E-state index in [-0.39, 0.29) is 44.6 Å². The van der Waals surface area contributed by atoms with Gasteiger partial charge < -0.3 is 9.80 Å². The molecule has 2 nitrogen and oxygen atoms in total. The zero-order chi connectivity index (χ0) is 52.7. The molecule has 0 bridgehead atoms. The molecular formula is C70H83BN2. The van der Waals surface area contributed by atoms with E-state index in [2.05, 4.69) is 275 Å². The minimum Gasteiger partial charge on any atom is -0.311 e. The minimum atomic E-state index is -0.136. The molecule has 10 rings (SSSR count). The van der Waals surface area contributed by atoms with E-state index in [4.69, 9.17) is 0 Å². The summed E-state index contributed by atoms with van der Waals surface area (Å²) in [5.74, 6) is 0. The standard InChI is InChI=1S/C70H83BN2/c1-64(2,3)47-25-23-44(24-26-47)45-21-20-22-46(37-45)53-38-49(66(7,8)9)29-33-58(53)73-60-43-55-54(69(16,17)35-36-70(55,18)19)42-57(60)71-56-39-50(67(10,11)12)30-34-59(56)72(52-31-27-48(28-32-52)65(4,5)6)61-40-51(68(13,14)15)41-62(73)63(61)71/h20-34,37-43H,35-36H2,1-19H3. The molecule has 3 aliphatic rings. The van der Waals surface area contributed by atoms with Crippen molar-refractivity contribution in [2.24, 2.45) is 0 Å². The quantitative estimate of drug-likeness (QED) is 0.162. The van der Waals surface area contributed by atoms with Crippen molar-refractivity contribution in [1.29, 1.82) is 0 Å². The molecule has 0 unspecified atom stereocenters. The van der Waals surface area contributed by atoms with Gasteiger partial charge in [0.25, 0.3) is 6.71 Å². The summed E-state index contributed by atoms with van der Waals surface area (Å²) in [6, 6.07) is 53.4. The van der Waals surface area contributed by atoms with Crippen molar-refractivity contribution in [3.8, 4) is 22.3 Å². The summed E-state index contributed by atoms with van der Waals surface area (Å²) in [6.45, 7) is 45.1. The molecular weight excluding hydrogens is 880 g/mol. The van der Waals surface area contributed by atoms with E-state index < -0.39 is 0 Å². The highest BCUT2D eigenvalue weighted by molar-refractivity contribution is 7.00. The van der Waals surface area contributed by atoms with Crippen LogP contribution in [0.3, 0.4) is 0 Å². The number of benzene rings is 7. The average molecular weight is 963 g/mol. The fourth-order valence-corrected chi connectivity index (χ4v) is 12.1. The van der Waals surface area contributed by atoms with E-state index in [0.717, 1.165) is 12.8 Å². The maximum absolute atomic E-state index is 2.73. The third kappa shape index (κ3) is 8.89. The molecule has 7 aromatic carbocycles. The van der Waals surface area contributed by atoms with Crippen LogP contribution in [0.2, 0.25) is 0 Å². The fraction of sp³-hybridized carbons (Fsp3) is 0.400. The second-order valence-electron chi connectivity index (χ2n) is 28.7. The van der Waals surface area contributed by atoms with Gasteiger partial charge in [-0.25, -0.2) is 0 Å². The van der Waals surface area contributed by atoms with Crippen LogP contribution in [0.25, 0.3) is 22.3 Å². The Bertz CT molecular complexity index is 3290. The van der Waals surface area contributed by atoms with E-state index in [1.165, 1.54) is 112 Å². The van der Waals surface area contributed by atoms with Gasteiger partial charge in [-0.05, 0) is 177 Å². The monoisotopic (exact) mass is 963 g/mol. The first-order valence-electron chi connectivity index (χ1n) is 27.4. The molecule has 0 saturated heterocycles. The highest BCUT2D eigenvalue weighted by Gasteiger charge is 2.47. The van der Waals surface area contributed by atoms with Crippen LogP contribution in [0.5, 0.6) is 0 Å². The van der Waals surface area contributed by atoms with Crippen molar-refractivity contribution in [2.45, 2.75) is 182 Å². The predicted molar refractivity (Wildman–Crippen MR) is 320 cm³/mol. The normalized spacial score (nSPS) is 16.2. The number of hydrogen-bond donors (Lipinski definition) is 0. The van der Waals surface area contributed by atoms with Gasteiger partial charge in [0.15, 0.2) is 0 Å². The van der Waals surface area contributed by atoms with Crippen LogP contribution >= 0.6 is 0 Å². The molecule has 0 amide bonds. The van der Waals surface area contributed by atoms with E-state index >= 15 is 0 Å². The molecule has 0 radical (unpaired) electrons. The van der Waals surface area contributed by atoms with Gasteiger partial charge in [0.1, 0.15) is 0 Å². The van der Waals surface area contributed by atoms with Crippen molar-refractivity contribution in [1.82, 2.24) is 0 Å². The van der Waals surface area contributed by atoms with Crippen molar-refractivity contribution < 1.29 is 0 Å². The number of hydrogen-bond acceptors (Lipinski definition) is 2. The lowest BCUT2D eigenvalue weighted by molar-refractivity contribution is 0.332. The van der Waals surface area contributed by atoms with Gasteiger partial charge in [-0.3, -0.25) is 0 Å². The molecule has 0 N–H and O–H groups in total. The van der Waals surface area contributed by atoms with Crippen molar-refractivity contribution in [2.75, 3.05) is 9.80 Å². The maximum atomic E-state index is 2.73. The second-order valence-corrected chi connectivity index (χ2v) is 28.7. The van der Waals surface area contributed by atoms with Crippen molar-refractivity contribution in [3.05, 3.63) is 172 Å². The molecule has 7 aromatic rings. The molecule has 0 fully saturated rings. The summed E-state index contributed by atoms with van der Waals surface area (Å²) in [5.41, 5.74) is 26.2. The Kier molecular flexibility index (Phi) is 11.7. The second kappa shape index (κ2) is 16.9. The average Bonchev–Trinajstić information content (AvgIpc) is 3.31. The molecule has 3 heteroatoms. The summed E-state index contributed by atoms with van der Waals surface area (Å²) in [4.78, 5) is 5.34. The zero-order valence-electron chi connectivity index (χ0n) is 48.1. The van der Waals surface area contributed by atoms with Crippen LogP contribution < -0.4 is 26.2 Å². The van der Waals surface area contributed by atoms with Crippen LogP contribution in [-0.4, -0.2) is 6.71 Å². The van der Waals surface area contributed by atoms with Crippen LogP contribution in [0, 0.1) is 0 Å². The lowest BCUT2D eigenvalue weighted by Gasteiger charge is -2.48. The molecule has 0 atom stereocenters. The molecule has 0 aromatic heterocycles. The Hall–Kier alpha value is -5.80. The molecule has 376 valence electrons. The number of fused-ring (bicyclic) bond motifs is 5. The van der Waals surface area contributed by atoms with E-state index in [0.29, 0.717) is 0 Å². The number of anilines is 6. The predicted octanol–water partition coefficient (Wildman–Crippen LogP) is 17.9. The van der Waals surface area contributed by atoms with Crippen molar-refractivity contribution in [3.63, 3.8) is 0 Å². The Morgan fingerprint density at radius 2 is 0.808 bits per heavy atom. The van der Waals surface area contributed by atoms with Crippen LogP contribution in [0.15, 0.2) is 133 Å². The third-order valence-electron chi connectivity index (χ3n) is 17.1. The Morgan fingerprint density at radius 3 is 1.36 bits per heavy atom. The largest absolute Gasteiger partial charge is 0.311 e. The van der Waals surface area contributed by atoms with Crippen LogP contribution in [0.4, 0.5) is 34.1 Å². The summed E-state index contributed by atoms with van der Waals surface area (Å²) < 4.78 is 0. The maximum Gasteiger partial charge on any atom is 0.252 e. The SMILES string of the molecule is CC(C)(C)c1ccc(-c2cccc(-c3cc(C(C)(C)C)ccc3N3c4cc5c(cc4B4c6cc(C(C)(C)C)ccc6N(c6ccc(C(C)(C)C)cc6)c6cc(C(C)(C)C)cc3c64)C(C)(C)CCC5(C)C)c2)cc1. The summed E-state index contributed by atoms with van der Waals surface area (Å²) in [5, 5.41) is 0. The molecule has 2 heterocycles. The van der Waals surface area contributed by atoms with Gasteiger partial charge in [-0.1, -0.05) is 210 Å². The summed E-state index contributed by atoms with van der Waals surface area (Å²) in [6.07, 6.45) is 2.31. The van der Waals surface area contributed by atoms with E-state index in [1.54, 1.807) is 0 Å². The smallest absolute Gasteiger partial charge is 0.252 e. The zero-order valence-corrected chi connectivity index (χ0v) is 48.1. The lowest BCUT2D eigenvalue weighted by Crippen LogP contribution is -2.62. The summed E-state index contributed by atoms with van der Waals surface area (Å²) >= 11 is 0. The molecule has 1 aliphatic carbocycles. The minimum absolute atomic E-state index is 0.00972. The highest BCUT2D eigenvalue weighted by Crippen LogP contribution is 2.53. The van der Waals surface area contributed by atoms with Gasteiger partial charge >= 0.3 is 0 Å². The molecule has 0 spiro atoms. The van der Waals surface area contributed by atoms with Gasteiger partial charge in [-0.15, -0.1) is 0 Å². The van der Waals surface area contributed by atoms with Crippen LogP contribution in [-0.2, 0) is 37.9 Å². The summed E-state index contributed by atoms with van der Waals surface area (Å²) in [7, 11) is 0. The van der Waals surface area contributed by atoms with E-state index in [1.807, 2.05) is 0 Å². The molecule has 0 saturated carbocycles.